The minimum atomic E-state index is -3.76. The van der Waals surface area contributed by atoms with E-state index in [4.69, 9.17) is 0 Å². The monoisotopic (exact) mass is 579 g/mol. The number of anilines is 1. The second kappa shape index (κ2) is 11.8. The van der Waals surface area contributed by atoms with Crippen molar-refractivity contribution < 1.29 is 18.0 Å². The van der Waals surface area contributed by atoms with Crippen LogP contribution in [0.4, 0.5) is 5.69 Å². The molecule has 0 spiro atoms. The van der Waals surface area contributed by atoms with Crippen LogP contribution in [0.2, 0.25) is 0 Å². The van der Waals surface area contributed by atoms with Crippen LogP contribution in [0.15, 0.2) is 48.5 Å². The van der Waals surface area contributed by atoms with E-state index in [1.807, 2.05) is 50.2 Å². The van der Waals surface area contributed by atoms with E-state index in [-0.39, 0.29) is 24.4 Å². The van der Waals surface area contributed by atoms with Crippen molar-refractivity contribution in [2.45, 2.75) is 83.7 Å². The Morgan fingerprint density at radius 3 is 2.15 bits per heavy atom. The minimum Gasteiger partial charge on any atom is -0.354 e. The highest BCUT2D eigenvalue weighted by atomic mass is 32.2. The molecule has 1 N–H and O–H groups in total. The Labute approximate surface area is 245 Å². The van der Waals surface area contributed by atoms with Gasteiger partial charge in [-0.3, -0.25) is 13.9 Å². The Hall–Kier alpha value is -2.87. The van der Waals surface area contributed by atoms with Gasteiger partial charge in [0.05, 0.1) is 11.9 Å². The first-order chi connectivity index (χ1) is 19.5. The van der Waals surface area contributed by atoms with Crippen LogP contribution in [0.25, 0.3) is 0 Å². The summed E-state index contributed by atoms with van der Waals surface area (Å²) >= 11 is 0. The quantitative estimate of drug-likeness (QED) is 0.398. The smallest absolute Gasteiger partial charge is 0.244 e. The first-order valence-corrected chi connectivity index (χ1v) is 17.0. The number of aryl methyl sites for hydroxylation is 1. The molecule has 2 amide bonds. The molecule has 0 aliphatic heterocycles. The lowest BCUT2D eigenvalue weighted by atomic mass is 9.48. The van der Waals surface area contributed by atoms with Gasteiger partial charge in [-0.25, -0.2) is 8.42 Å². The van der Waals surface area contributed by atoms with E-state index in [1.165, 1.54) is 53.3 Å². The lowest BCUT2D eigenvalue weighted by Gasteiger charge is -2.57. The van der Waals surface area contributed by atoms with Crippen molar-refractivity contribution in [1.82, 2.24) is 10.2 Å². The molecule has 4 bridgehead atoms. The van der Waals surface area contributed by atoms with Gasteiger partial charge in [-0.1, -0.05) is 48.9 Å². The van der Waals surface area contributed by atoms with Crippen molar-refractivity contribution in [1.29, 1.82) is 0 Å². The van der Waals surface area contributed by atoms with E-state index in [2.05, 4.69) is 17.4 Å². The molecule has 4 fully saturated rings. The van der Waals surface area contributed by atoms with Gasteiger partial charge in [0.25, 0.3) is 0 Å². The van der Waals surface area contributed by atoms with Gasteiger partial charge in [0.15, 0.2) is 0 Å². The molecule has 0 radical (unpaired) electrons. The molecular weight excluding hydrogens is 534 g/mol. The molecule has 0 aromatic heterocycles. The van der Waals surface area contributed by atoms with Crippen LogP contribution in [-0.4, -0.2) is 50.5 Å². The zero-order valence-corrected chi connectivity index (χ0v) is 25.8. The molecule has 4 aliphatic rings. The molecule has 222 valence electrons. The fourth-order valence-corrected chi connectivity index (χ4v) is 8.89. The Bertz CT molecular complexity index is 1340. The maximum absolute atomic E-state index is 13.8. The van der Waals surface area contributed by atoms with E-state index in [9.17, 15) is 18.0 Å². The lowest BCUT2D eigenvalue weighted by Crippen LogP contribution is -2.51. The fraction of sp³-hybridized carbons (Fsp3) is 0.576. The predicted octanol–water partition coefficient (Wildman–Crippen LogP) is 5.17. The summed E-state index contributed by atoms with van der Waals surface area (Å²) in [5.41, 5.74) is 3.94. The Balaban J connectivity index is 1.38. The Morgan fingerprint density at radius 2 is 1.61 bits per heavy atom. The molecule has 6 rings (SSSR count). The topological polar surface area (TPSA) is 86.8 Å². The maximum atomic E-state index is 13.8. The molecule has 2 aromatic carbocycles. The molecule has 2 aromatic rings. The zero-order chi connectivity index (χ0) is 29.4. The largest absolute Gasteiger partial charge is 0.354 e. The van der Waals surface area contributed by atoms with E-state index >= 15 is 0 Å². The Kier molecular flexibility index (Phi) is 8.51. The van der Waals surface area contributed by atoms with Crippen LogP contribution in [0.1, 0.15) is 75.5 Å². The maximum Gasteiger partial charge on any atom is 0.244 e. The summed E-state index contributed by atoms with van der Waals surface area (Å²) in [5, 5.41) is 2.88. The average Bonchev–Trinajstić information content (AvgIpc) is 2.91. The highest BCUT2D eigenvalue weighted by Crippen LogP contribution is 2.60. The first-order valence-electron chi connectivity index (χ1n) is 15.2. The van der Waals surface area contributed by atoms with Crippen LogP contribution in [0, 0.1) is 24.7 Å². The van der Waals surface area contributed by atoms with Crippen molar-refractivity contribution in [3.05, 3.63) is 65.2 Å². The number of benzene rings is 2. The van der Waals surface area contributed by atoms with Crippen LogP contribution in [-0.2, 0) is 31.6 Å². The van der Waals surface area contributed by atoms with Gasteiger partial charge in [0, 0.05) is 13.1 Å². The molecular formula is C33H45N3O4S. The van der Waals surface area contributed by atoms with Gasteiger partial charge in [0.1, 0.15) is 12.6 Å². The molecule has 41 heavy (non-hydrogen) atoms. The third kappa shape index (κ3) is 6.47. The third-order valence-electron chi connectivity index (χ3n) is 9.64. The van der Waals surface area contributed by atoms with E-state index in [0.717, 1.165) is 41.6 Å². The molecule has 8 heteroatoms. The summed E-state index contributed by atoms with van der Waals surface area (Å²) in [6, 6.07) is 15.0. The highest BCUT2D eigenvalue weighted by molar-refractivity contribution is 7.92. The van der Waals surface area contributed by atoms with E-state index < -0.39 is 22.0 Å². The molecule has 4 aliphatic carbocycles. The Morgan fingerprint density at radius 1 is 1.00 bits per heavy atom. The van der Waals surface area contributed by atoms with Crippen molar-refractivity contribution in [2.24, 2.45) is 17.8 Å². The van der Waals surface area contributed by atoms with Gasteiger partial charge < -0.3 is 10.2 Å². The number of carbonyl (C=O) groups is 2. The third-order valence-corrected chi connectivity index (χ3v) is 10.8. The average molecular weight is 580 g/mol. The second-order valence-corrected chi connectivity index (χ2v) is 14.9. The SMILES string of the molecule is CCCNC(=O)[C@H](C)N(Cc1cccc(C)c1)C(=O)CN(c1ccc(C23CC4CC(CC(C4)C2)C3)cc1)S(C)(=O)=O. The summed E-state index contributed by atoms with van der Waals surface area (Å²) in [4.78, 5) is 28.2. The number of rotatable bonds is 11. The number of amides is 2. The number of hydrogen-bond acceptors (Lipinski definition) is 4. The second-order valence-electron chi connectivity index (χ2n) is 13.0. The molecule has 7 nitrogen and oxygen atoms in total. The molecule has 4 saturated carbocycles. The molecule has 0 unspecified atom stereocenters. The van der Waals surface area contributed by atoms with Crippen LogP contribution in [0.3, 0.4) is 0 Å². The number of hydrogen-bond donors (Lipinski definition) is 1. The minimum absolute atomic E-state index is 0.212. The molecule has 1 atom stereocenters. The van der Waals surface area contributed by atoms with Crippen LogP contribution < -0.4 is 9.62 Å². The normalized spacial score (nSPS) is 25.5. The van der Waals surface area contributed by atoms with Gasteiger partial charge in [-0.15, -0.1) is 0 Å². The summed E-state index contributed by atoms with van der Waals surface area (Å²) in [6.45, 7) is 6.01. The zero-order valence-electron chi connectivity index (χ0n) is 24.9. The fourth-order valence-electron chi connectivity index (χ4n) is 8.04. The van der Waals surface area contributed by atoms with Gasteiger partial charge >= 0.3 is 0 Å². The number of sulfonamides is 1. The first kappa shape index (κ1) is 29.6. The standard InChI is InChI=1S/C33H45N3O4S/c1-5-13-34-32(38)24(3)35(21-25-8-6-7-23(2)14-25)31(37)22-36(41(4,39)40)30-11-9-29(10-12-30)33-18-26-15-27(19-33)17-28(16-26)20-33/h6-12,14,24,26-28H,5,13,15-22H2,1-4H3,(H,34,38)/t24-,26?,27?,28?,33?/m0/s1. The highest BCUT2D eigenvalue weighted by Gasteiger charge is 2.51. The van der Waals surface area contributed by atoms with Crippen molar-refractivity contribution in [3.8, 4) is 0 Å². The number of nitrogens with one attached hydrogen (secondary N) is 1. The van der Waals surface area contributed by atoms with Crippen LogP contribution in [0.5, 0.6) is 0 Å². The summed E-state index contributed by atoms with van der Waals surface area (Å²) in [5.74, 6) is 1.80. The number of carbonyl (C=O) groups excluding carboxylic acids is 2. The van der Waals surface area contributed by atoms with Gasteiger partial charge in [0.2, 0.25) is 21.8 Å². The summed E-state index contributed by atoms with van der Waals surface area (Å²) in [7, 11) is -3.76. The summed E-state index contributed by atoms with van der Waals surface area (Å²) in [6.07, 6.45) is 9.73. The molecule has 0 saturated heterocycles. The lowest BCUT2D eigenvalue weighted by molar-refractivity contribution is -0.139. The van der Waals surface area contributed by atoms with Crippen molar-refractivity contribution in [2.75, 3.05) is 23.7 Å². The van der Waals surface area contributed by atoms with E-state index in [0.29, 0.717) is 12.2 Å². The van der Waals surface area contributed by atoms with E-state index in [1.54, 1.807) is 6.92 Å². The van der Waals surface area contributed by atoms with Gasteiger partial charge in [-0.2, -0.15) is 0 Å². The predicted molar refractivity (Wildman–Crippen MR) is 163 cm³/mol. The van der Waals surface area contributed by atoms with Gasteiger partial charge in [-0.05, 0) is 105 Å². The van der Waals surface area contributed by atoms with Crippen LogP contribution >= 0.6 is 0 Å². The number of nitrogens with zero attached hydrogens (tertiary/aromatic N) is 2. The van der Waals surface area contributed by atoms with Crippen molar-refractivity contribution in [3.63, 3.8) is 0 Å². The summed E-state index contributed by atoms with van der Waals surface area (Å²) < 4.78 is 27.2. The van der Waals surface area contributed by atoms with Crippen molar-refractivity contribution >= 4 is 27.5 Å². The molecule has 0 heterocycles.